The topological polar surface area (TPSA) is 28.8 Å². The fraction of sp³-hybridized carbons (Fsp3) is 0.357. The van der Waals surface area contributed by atoms with Gasteiger partial charge in [0, 0.05) is 12.5 Å². The van der Waals surface area contributed by atoms with Crippen molar-refractivity contribution in [2.24, 2.45) is 4.99 Å². The third-order valence-electron chi connectivity index (χ3n) is 3.61. The first kappa shape index (κ1) is 11.4. The zero-order valence-electron chi connectivity index (χ0n) is 10.8. The van der Waals surface area contributed by atoms with Gasteiger partial charge in [0.1, 0.15) is 11.4 Å². The van der Waals surface area contributed by atoms with E-state index < -0.39 is 0 Å². The molecule has 1 aromatic rings. The summed E-state index contributed by atoms with van der Waals surface area (Å²) >= 11 is 0. The molecule has 0 aliphatic carbocycles. The van der Waals surface area contributed by atoms with Crippen LogP contribution >= 0.6 is 0 Å². The number of amidine groups is 1. The Morgan fingerprint density at radius 1 is 1.39 bits per heavy atom. The van der Waals surface area contributed by atoms with Crippen LogP contribution in [0.5, 0.6) is 0 Å². The van der Waals surface area contributed by atoms with E-state index in [1.807, 2.05) is 12.3 Å². The van der Waals surface area contributed by atoms with Crippen molar-refractivity contribution in [2.45, 2.75) is 32.7 Å². The van der Waals surface area contributed by atoms with Gasteiger partial charge < -0.3 is 5.32 Å². The molecule has 4 heteroatoms. The molecule has 2 aliphatic heterocycles. The van der Waals surface area contributed by atoms with E-state index in [4.69, 9.17) is 0 Å². The summed E-state index contributed by atoms with van der Waals surface area (Å²) < 4.78 is 13.5. The largest absolute Gasteiger partial charge is 0.366 e. The van der Waals surface area contributed by atoms with Gasteiger partial charge in [-0.05, 0) is 26.0 Å². The van der Waals surface area contributed by atoms with Crippen LogP contribution in [0, 0.1) is 5.82 Å². The molecule has 0 radical (unpaired) electrons. The molecule has 1 unspecified atom stereocenters. The van der Waals surface area contributed by atoms with Crippen molar-refractivity contribution >= 4 is 17.2 Å². The molecule has 0 fully saturated rings. The third-order valence-corrected chi connectivity index (χ3v) is 3.61. The normalized spacial score (nSPS) is 23.7. The summed E-state index contributed by atoms with van der Waals surface area (Å²) in [5.41, 5.74) is 2.90. The molecular formula is C14H17FN3+. The van der Waals surface area contributed by atoms with Gasteiger partial charge in [-0.25, -0.2) is 14.3 Å². The first-order valence-electron chi connectivity index (χ1n) is 6.26. The van der Waals surface area contributed by atoms with Crippen LogP contribution in [-0.2, 0) is 0 Å². The van der Waals surface area contributed by atoms with Gasteiger partial charge in [-0.3, -0.25) is 0 Å². The third kappa shape index (κ3) is 1.49. The lowest BCUT2D eigenvalue weighted by Crippen LogP contribution is -3.10. The highest BCUT2D eigenvalue weighted by molar-refractivity contribution is 5.83. The monoisotopic (exact) mass is 246 g/mol. The van der Waals surface area contributed by atoms with Gasteiger partial charge in [-0.2, -0.15) is 0 Å². The fourth-order valence-corrected chi connectivity index (χ4v) is 2.71. The summed E-state index contributed by atoms with van der Waals surface area (Å²) in [7, 11) is 0. The van der Waals surface area contributed by atoms with Crippen LogP contribution in [0.3, 0.4) is 0 Å². The first-order valence-corrected chi connectivity index (χ1v) is 6.26. The van der Waals surface area contributed by atoms with Gasteiger partial charge in [0.05, 0.1) is 11.9 Å². The summed E-state index contributed by atoms with van der Waals surface area (Å²) in [6, 6.07) is 4.90. The van der Waals surface area contributed by atoms with Crippen molar-refractivity contribution in [1.29, 1.82) is 0 Å². The van der Waals surface area contributed by atoms with E-state index >= 15 is 0 Å². The molecule has 2 aliphatic rings. The van der Waals surface area contributed by atoms with Gasteiger partial charge >= 0.3 is 0 Å². The maximum absolute atomic E-state index is 13.5. The number of benzene rings is 1. The number of nitrogens with one attached hydrogen (secondary N) is 2. The van der Waals surface area contributed by atoms with E-state index in [-0.39, 0.29) is 11.4 Å². The molecule has 0 aromatic heterocycles. The Bertz CT molecular complexity index is 572. The van der Waals surface area contributed by atoms with Crippen LogP contribution in [0.2, 0.25) is 0 Å². The van der Waals surface area contributed by atoms with E-state index in [9.17, 15) is 4.39 Å². The predicted octanol–water partition coefficient (Wildman–Crippen LogP) is 2.21. The molecule has 94 valence electrons. The van der Waals surface area contributed by atoms with Crippen LogP contribution in [0.1, 0.15) is 27.2 Å². The molecule has 2 heterocycles. The van der Waals surface area contributed by atoms with E-state index in [1.165, 1.54) is 6.07 Å². The zero-order valence-corrected chi connectivity index (χ0v) is 10.8. The van der Waals surface area contributed by atoms with Gasteiger partial charge in [-0.15, -0.1) is 0 Å². The van der Waals surface area contributed by atoms with Crippen molar-refractivity contribution in [3.8, 4) is 0 Å². The fourth-order valence-electron chi connectivity index (χ4n) is 2.71. The zero-order chi connectivity index (χ0) is 12.9. The number of anilines is 1. The average molecular weight is 246 g/mol. The Kier molecular flexibility index (Phi) is 2.32. The molecule has 0 spiro atoms. The minimum Gasteiger partial charge on any atom is -0.366 e. The number of rotatable bonds is 1. The number of aliphatic imine (C=N–C) groups is 1. The van der Waals surface area contributed by atoms with Crippen LogP contribution in [0.25, 0.3) is 0 Å². The minimum absolute atomic E-state index is 0.166. The molecule has 2 N–H and O–H groups in total. The second kappa shape index (κ2) is 3.65. The highest BCUT2D eigenvalue weighted by atomic mass is 19.1. The molecule has 1 aromatic carbocycles. The Morgan fingerprint density at radius 2 is 2.17 bits per heavy atom. The number of fused-ring (bicyclic) bond motifs is 3. The van der Waals surface area contributed by atoms with Crippen molar-refractivity contribution in [3.63, 3.8) is 0 Å². The second-order valence-corrected chi connectivity index (χ2v) is 5.29. The van der Waals surface area contributed by atoms with E-state index in [0.717, 1.165) is 34.2 Å². The second-order valence-electron chi connectivity index (χ2n) is 5.29. The standard InChI is InChI=1S/C14H16FN3/c1-4-13-16-8-12-14(2,3)17-10-6-5-9(15)7-11(10)18(12)13/h5-8,17H,4H2,1-3H3/p+1. The van der Waals surface area contributed by atoms with Crippen LogP contribution < -0.4 is 10.2 Å². The van der Waals surface area contributed by atoms with Gasteiger partial charge in [0.15, 0.2) is 11.4 Å². The molecule has 0 amide bonds. The summed E-state index contributed by atoms with van der Waals surface area (Å²) in [5, 5.41) is 3.45. The van der Waals surface area contributed by atoms with Crippen LogP contribution in [0.15, 0.2) is 35.1 Å². The van der Waals surface area contributed by atoms with Crippen molar-refractivity contribution in [1.82, 2.24) is 0 Å². The SMILES string of the molecule is CCC1=NC=C2[NH+]1c1cc(F)ccc1NC2(C)C. The first-order chi connectivity index (χ1) is 8.53. The highest BCUT2D eigenvalue weighted by Gasteiger charge is 2.44. The molecular weight excluding hydrogens is 229 g/mol. The molecule has 1 atom stereocenters. The summed E-state index contributed by atoms with van der Waals surface area (Å²) in [6.07, 6.45) is 2.77. The number of hydrogen-bond acceptors (Lipinski definition) is 2. The number of hydrogen-bond donors (Lipinski definition) is 2. The molecule has 0 saturated heterocycles. The summed E-state index contributed by atoms with van der Waals surface area (Å²) in [4.78, 5) is 5.59. The van der Waals surface area contributed by atoms with E-state index in [1.54, 1.807) is 6.07 Å². The lowest BCUT2D eigenvalue weighted by atomic mass is 9.95. The maximum Gasteiger partial charge on any atom is 0.211 e. The highest BCUT2D eigenvalue weighted by Crippen LogP contribution is 2.32. The number of quaternary nitrogens is 1. The van der Waals surface area contributed by atoms with Gasteiger partial charge in [0.2, 0.25) is 5.84 Å². The molecule has 0 saturated carbocycles. The minimum atomic E-state index is -0.204. The molecule has 0 bridgehead atoms. The lowest BCUT2D eigenvalue weighted by molar-refractivity contribution is -0.689. The van der Waals surface area contributed by atoms with Crippen molar-refractivity contribution in [3.05, 3.63) is 35.9 Å². The number of halogens is 1. The van der Waals surface area contributed by atoms with Crippen molar-refractivity contribution in [2.75, 3.05) is 5.32 Å². The molecule has 18 heavy (non-hydrogen) atoms. The van der Waals surface area contributed by atoms with E-state index in [0.29, 0.717) is 0 Å². The Hall–Kier alpha value is -1.68. The Labute approximate surface area is 106 Å². The Morgan fingerprint density at radius 3 is 2.89 bits per heavy atom. The van der Waals surface area contributed by atoms with E-state index in [2.05, 4.69) is 31.1 Å². The summed E-state index contributed by atoms with van der Waals surface area (Å²) in [5.74, 6) is 0.843. The van der Waals surface area contributed by atoms with Crippen LogP contribution in [-0.4, -0.2) is 11.4 Å². The molecule has 3 rings (SSSR count). The van der Waals surface area contributed by atoms with Gasteiger partial charge in [-0.1, -0.05) is 6.92 Å². The summed E-state index contributed by atoms with van der Waals surface area (Å²) in [6.45, 7) is 6.33. The lowest BCUT2D eigenvalue weighted by Gasteiger charge is -2.37. The maximum atomic E-state index is 13.5. The quantitative estimate of drug-likeness (QED) is 0.781. The Balaban J connectivity index is 2.19. The predicted molar refractivity (Wildman–Crippen MR) is 70.5 cm³/mol. The average Bonchev–Trinajstić information content (AvgIpc) is 2.75. The smallest absolute Gasteiger partial charge is 0.211 e. The van der Waals surface area contributed by atoms with Gasteiger partial charge in [0.25, 0.3) is 0 Å². The van der Waals surface area contributed by atoms with Crippen molar-refractivity contribution < 1.29 is 9.29 Å². The molecule has 3 nitrogen and oxygen atoms in total. The number of nitrogens with zero attached hydrogens (tertiary/aromatic N) is 1. The van der Waals surface area contributed by atoms with Crippen LogP contribution in [0.4, 0.5) is 15.8 Å².